The molecule has 80 valence electrons. The topological polar surface area (TPSA) is 0 Å². The van der Waals surface area contributed by atoms with Crippen molar-refractivity contribution in [3.63, 3.8) is 0 Å². The van der Waals surface area contributed by atoms with Crippen molar-refractivity contribution in [2.45, 2.75) is 12.8 Å². The number of hydrogen-bond acceptors (Lipinski definition) is 2. The highest BCUT2D eigenvalue weighted by molar-refractivity contribution is 7.90. The second kappa shape index (κ2) is 5.28. The number of hydrogen-bond donors (Lipinski definition) is 0. The van der Waals surface area contributed by atoms with E-state index in [2.05, 4.69) is 18.2 Å². The molecule has 0 nitrogen and oxygen atoms in total. The van der Waals surface area contributed by atoms with Crippen molar-refractivity contribution in [1.82, 2.24) is 0 Å². The van der Waals surface area contributed by atoms with Gasteiger partial charge in [-0.25, -0.2) is 0 Å². The lowest BCUT2D eigenvalue weighted by Crippen LogP contribution is -2.13. The van der Waals surface area contributed by atoms with Gasteiger partial charge in [-0.05, 0) is 24.0 Å². The van der Waals surface area contributed by atoms with E-state index in [1.54, 1.807) is 0 Å². The Balaban J connectivity index is 2.20. The molecular formula is C14H12S2. The summed E-state index contributed by atoms with van der Waals surface area (Å²) in [4.78, 5) is 1.56. The minimum atomic E-state index is 0.772. The maximum absolute atomic E-state index is 5.42. The third-order valence-corrected chi connectivity index (χ3v) is 3.51. The Kier molecular flexibility index (Phi) is 3.75. The van der Waals surface area contributed by atoms with Crippen LogP contribution < -0.4 is 0 Å². The van der Waals surface area contributed by atoms with Crippen LogP contribution in [0.4, 0.5) is 0 Å². The molecule has 0 saturated carbocycles. The second-order valence-electron chi connectivity index (χ2n) is 3.66. The van der Waals surface area contributed by atoms with Crippen molar-refractivity contribution in [1.29, 1.82) is 0 Å². The van der Waals surface area contributed by atoms with Gasteiger partial charge >= 0.3 is 0 Å². The van der Waals surface area contributed by atoms with Crippen LogP contribution in [0.3, 0.4) is 0 Å². The van der Waals surface area contributed by atoms with E-state index in [9.17, 15) is 0 Å². The van der Waals surface area contributed by atoms with Gasteiger partial charge in [0.15, 0.2) is 0 Å². The lowest BCUT2D eigenvalue weighted by molar-refractivity contribution is 1.03. The molecule has 0 heterocycles. The van der Waals surface area contributed by atoms with Gasteiger partial charge in [0.1, 0.15) is 0 Å². The summed E-state index contributed by atoms with van der Waals surface area (Å²) in [6.07, 6.45) is 8.54. The van der Waals surface area contributed by atoms with Crippen molar-refractivity contribution in [2.24, 2.45) is 0 Å². The molecule has 1 aromatic rings. The lowest BCUT2D eigenvalue weighted by Gasteiger charge is -2.09. The molecule has 2 rings (SSSR count). The molecule has 1 aromatic carbocycles. The average molecular weight is 244 g/mol. The summed E-state index contributed by atoms with van der Waals surface area (Å²) in [5.41, 5.74) is 2.12. The quantitative estimate of drug-likeness (QED) is 0.581. The Bertz CT molecular complexity index is 467. The van der Waals surface area contributed by atoms with Gasteiger partial charge in [-0.2, -0.15) is 0 Å². The van der Waals surface area contributed by atoms with Gasteiger partial charge < -0.3 is 0 Å². The van der Waals surface area contributed by atoms with E-state index in [-0.39, 0.29) is 0 Å². The highest BCUT2D eigenvalue weighted by Gasteiger charge is 2.11. The first kappa shape index (κ1) is 11.4. The molecule has 0 N–H and O–H groups in total. The van der Waals surface area contributed by atoms with E-state index in [1.807, 2.05) is 30.3 Å². The van der Waals surface area contributed by atoms with Crippen LogP contribution in [0.5, 0.6) is 0 Å². The van der Waals surface area contributed by atoms with E-state index in [0.717, 1.165) is 33.7 Å². The highest BCUT2D eigenvalue weighted by Crippen LogP contribution is 2.15. The molecule has 2 heteroatoms. The van der Waals surface area contributed by atoms with Crippen molar-refractivity contribution in [2.75, 3.05) is 0 Å². The summed E-state index contributed by atoms with van der Waals surface area (Å²) in [5.74, 6) is 0. The zero-order valence-electron chi connectivity index (χ0n) is 8.85. The van der Waals surface area contributed by atoms with E-state index in [1.165, 1.54) is 0 Å². The van der Waals surface area contributed by atoms with E-state index < -0.39 is 0 Å². The molecule has 0 bridgehead atoms. The Morgan fingerprint density at radius 3 is 2.31 bits per heavy atom. The molecule has 0 radical (unpaired) electrons. The Labute approximate surface area is 107 Å². The molecule has 0 saturated heterocycles. The molecule has 1 aliphatic carbocycles. The summed E-state index contributed by atoms with van der Waals surface area (Å²) in [7, 11) is 0. The van der Waals surface area contributed by atoms with Crippen molar-refractivity contribution in [3.8, 4) is 0 Å². The van der Waals surface area contributed by atoms with E-state index in [4.69, 9.17) is 24.4 Å². The third-order valence-electron chi connectivity index (χ3n) is 2.50. The zero-order chi connectivity index (χ0) is 11.4. The van der Waals surface area contributed by atoms with E-state index >= 15 is 0 Å². The number of benzene rings is 1. The molecule has 16 heavy (non-hydrogen) atoms. The lowest BCUT2D eigenvalue weighted by atomic mass is 9.99. The minimum Gasteiger partial charge on any atom is -0.0836 e. The minimum absolute atomic E-state index is 0.772. The maximum atomic E-state index is 5.42. The molecule has 0 fully saturated rings. The summed E-state index contributed by atoms with van der Waals surface area (Å²) in [6, 6.07) is 9.95. The van der Waals surface area contributed by atoms with Crippen LogP contribution >= 0.6 is 24.4 Å². The molecule has 0 spiro atoms. The first-order valence-electron chi connectivity index (χ1n) is 5.30. The predicted molar refractivity (Wildman–Crippen MR) is 77.2 cm³/mol. The van der Waals surface area contributed by atoms with E-state index in [0.29, 0.717) is 0 Å². The SMILES string of the molecule is S=C(C(=S)c1ccccc1)C1=CCCC=C1. The Hall–Kier alpha value is -1.12. The van der Waals surface area contributed by atoms with Crippen LogP contribution in [-0.2, 0) is 0 Å². The first-order valence-corrected chi connectivity index (χ1v) is 6.11. The Morgan fingerprint density at radius 1 is 0.938 bits per heavy atom. The van der Waals surface area contributed by atoms with Crippen molar-refractivity contribution in [3.05, 3.63) is 59.7 Å². The van der Waals surface area contributed by atoms with Crippen LogP contribution in [0.2, 0.25) is 0 Å². The predicted octanol–water partition coefficient (Wildman–Crippen LogP) is 4.05. The van der Waals surface area contributed by atoms with Crippen LogP contribution in [0.15, 0.2) is 54.1 Å². The van der Waals surface area contributed by atoms with Crippen molar-refractivity contribution >= 4 is 34.2 Å². The fourth-order valence-corrected chi connectivity index (χ4v) is 2.16. The summed E-state index contributed by atoms with van der Waals surface area (Å²) >= 11 is 10.8. The number of rotatable bonds is 3. The molecular weight excluding hydrogens is 232 g/mol. The number of allylic oxidation sites excluding steroid dienone is 4. The number of thiocarbonyl (C=S) groups is 2. The molecule has 0 aromatic heterocycles. The van der Waals surface area contributed by atoms with Gasteiger partial charge in [0, 0.05) is 0 Å². The first-order chi connectivity index (χ1) is 7.79. The summed E-state index contributed by atoms with van der Waals surface area (Å²) in [5, 5.41) is 0. The second-order valence-corrected chi connectivity index (χ2v) is 4.48. The standard InChI is InChI=1S/C14H12S2/c15-13(11-7-3-1-4-8-11)14(16)12-9-5-2-6-10-12/h1,3-5,7-10H,2,6H2. The molecule has 0 atom stereocenters. The monoisotopic (exact) mass is 244 g/mol. The fourth-order valence-electron chi connectivity index (χ4n) is 1.63. The Morgan fingerprint density at radius 2 is 1.69 bits per heavy atom. The van der Waals surface area contributed by atoms with Crippen LogP contribution in [0.25, 0.3) is 0 Å². The van der Waals surface area contributed by atoms with Crippen LogP contribution in [0.1, 0.15) is 18.4 Å². The third kappa shape index (κ3) is 2.52. The van der Waals surface area contributed by atoms with Gasteiger partial charge in [-0.1, -0.05) is 73.0 Å². The maximum Gasteiger partial charge on any atom is 0.0636 e. The largest absolute Gasteiger partial charge is 0.0836 e. The smallest absolute Gasteiger partial charge is 0.0636 e. The van der Waals surface area contributed by atoms with Gasteiger partial charge in [-0.15, -0.1) is 0 Å². The van der Waals surface area contributed by atoms with Gasteiger partial charge in [0.25, 0.3) is 0 Å². The van der Waals surface area contributed by atoms with Gasteiger partial charge in [-0.3, -0.25) is 0 Å². The van der Waals surface area contributed by atoms with Crippen LogP contribution in [-0.4, -0.2) is 9.73 Å². The highest BCUT2D eigenvalue weighted by atomic mass is 32.1. The summed E-state index contributed by atoms with van der Waals surface area (Å²) in [6.45, 7) is 0. The molecule has 1 aliphatic rings. The summed E-state index contributed by atoms with van der Waals surface area (Å²) < 4.78 is 0. The molecule has 0 amide bonds. The zero-order valence-corrected chi connectivity index (χ0v) is 10.5. The van der Waals surface area contributed by atoms with Crippen LogP contribution in [0, 0.1) is 0 Å². The fraction of sp³-hybridized carbons (Fsp3) is 0.143. The van der Waals surface area contributed by atoms with Gasteiger partial charge in [0.05, 0.1) is 9.73 Å². The van der Waals surface area contributed by atoms with Gasteiger partial charge in [0.2, 0.25) is 0 Å². The molecule has 0 aliphatic heterocycles. The normalized spacial score (nSPS) is 14.4. The average Bonchev–Trinajstić information content (AvgIpc) is 2.39. The van der Waals surface area contributed by atoms with Crippen molar-refractivity contribution < 1.29 is 0 Å². The molecule has 0 unspecified atom stereocenters.